The monoisotopic (exact) mass is 478 g/mol. The first kappa shape index (κ1) is 21.4. The standard InChI is InChI=1S/C24H26N6O3S/c1-30-10-3-4-14(30)13-32-17-6-9-27-22(28-17)19-15-5-2-7-24(20(15)33-29-19)8-11-31-23-18(24)16(12-25)21(26)34-23/h6,9,14H,2-5,7-8,10-11,13,26H2,1H3. The molecule has 34 heavy (non-hydrogen) atoms. The number of aromatic nitrogens is 3. The summed E-state index contributed by atoms with van der Waals surface area (Å²) >= 11 is 1.33. The van der Waals surface area contributed by atoms with Crippen LogP contribution in [0.25, 0.3) is 11.5 Å². The van der Waals surface area contributed by atoms with Crippen LogP contribution >= 0.6 is 11.3 Å². The number of rotatable bonds is 4. The van der Waals surface area contributed by atoms with E-state index in [1.165, 1.54) is 17.8 Å². The van der Waals surface area contributed by atoms with Gasteiger partial charge in [-0.25, -0.2) is 4.98 Å². The summed E-state index contributed by atoms with van der Waals surface area (Å²) in [6, 6.07) is 4.48. The zero-order chi connectivity index (χ0) is 23.3. The lowest BCUT2D eigenvalue weighted by molar-refractivity contribution is 0.193. The molecule has 0 saturated carbocycles. The van der Waals surface area contributed by atoms with Crippen molar-refractivity contribution in [2.24, 2.45) is 0 Å². The SMILES string of the molecule is CN1CCCC1COc1ccnc(-c2noc3c2CCCC32CCOc3sc(N)c(C#N)c32)n1. The van der Waals surface area contributed by atoms with Crippen molar-refractivity contribution in [3.05, 3.63) is 34.7 Å². The van der Waals surface area contributed by atoms with Crippen LogP contribution in [-0.2, 0) is 11.8 Å². The van der Waals surface area contributed by atoms with Crippen LogP contribution in [0.3, 0.4) is 0 Å². The van der Waals surface area contributed by atoms with Gasteiger partial charge in [-0.3, -0.25) is 0 Å². The van der Waals surface area contributed by atoms with Crippen molar-refractivity contribution in [2.75, 3.05) is 32.5 Å². The van der Waals surface area contributed by atoms with E-state index in [-0.39, 0.29) is 0 Å². The van der Waals surface area contributed by atoms with E-state index in [2.05, 4.69) is 33.1 Å². The van der Waals surface area contributed by atoms with E-state index in [0.29, 0.717) is 53.6 Å². The van der Waals surface area contributed by atoms with E-state index in [0.717, 1.165) is 54.2 Å². The van der Waals surface area contributed by atoms with Crippen LogP contribution in [0, 0.1) is 11.3 Å². The molecule has 2 atom stereocenters. The molecule has 10 heteroatoms. The predicted molar refractivity (Wildman–Crippen MR) is 126 cm³/mol. The highest BCUT2D eigenvalue weighted by molar-refractivity contribution is 7.18. The van der Waals surface area contributed by atoms with Gasteiger partial charge in [0.05, 0.1) is 17.6 Å². The second kappa shape index (κ2) is 8.25. The molecule has 3 aliphatic rings. The van der Waals surface area contributed by atoms with Gasteiger partial charge in [-0.05, 0) is 52.1 Å². The second-order valence-electron chi connectivity index (χ2n) is 9.29. The number of fused-ring (bicyclic) bond motifs is 4. The summed E-state index contributed by atoms with van der Waals surface area (Å²) in [4.78, 5) is 11.5. The summed E-state index contributed by atoms with van der Waals surface area (Å²) in [5, 5.41) is 15.5. The first-order valence-corrected chi connectivity index (χ1v) is 12.5. The van der Waals surface area contributed by atoms with Crippen LogP contribution in [-0.4, -0.2) is 52.9 Å². The summed E-state index contributed by atoms with van der Waals surface area (Å²) in [5.74, 6) is 1.82. The van der Waals surface area contributed by atoms with E-state index in [1.54, 1.807) is 12.3 Å². The van der Waals surface area contributed by atoms with Crippen LogP contribution in [0.5, 0.6) is 10.9 Å². The fraction of sp³-hybridized carbons (Fsp3) is 0.500. The lowest BCUT2D eigenvalue weighted by atomic mass is 9.66. The highest BCUT2D eigenvalue weighted by atomic mass is 32.1. The number of hydrogen-bond acceptors (Lipinski definition) is 10. The van der Waals surface area contributed by atoms with Crippen molar-refractivity contribution in [1.82, 2.24) is 20.0 Å². The highest BCUT2D eigenvalue weighted by Gasteiger charge is 2.50. The number of thiophene rings is 1. The highest BCUT2D eigenvalue weighted by Crippen LogP contribution is 2.56. The van der Waals surface area contributed by atoms with Gasteiger partial charge in [0.15, 0.2) is 22.3 Å². The molecule has 176 valence electrons. The largest absolute Gasteiger partial charge is 0.484 e. The molecule has 2 N–H and O–H groups in total. The molecular formula is C24H26N6O3S. The van der Waals surface area contributed by atoms with Gasteiger partial charge in [0.1, 0.15) is 17.7 Å². The van der Waals surface area contributed by atoms with E-state index < -0.39 is 5.41 Å². The first-order chi connectivity index (χ1) is 16.6. The van der Waals surface area contributed by atoms with Gasteiger partial charge in [0.2, 0.25) is 5.88 Å². The normalized spacial score (nSPS) is 23.8. The first-order valence-electron chi connectivity index (χ1n) is 11.7. The lowest BCUT2D eigenvalue weighted by Crippen LogP contribution is -2.37. The fourth-order valence-electron chi connectivity index (χ4n) is 5.68. The Hall–Kier alpha value is -3.16. The Morgan fingerprint density at radius 1 is 1.38 bits per heavy atom. The Bertz CT molecular complexity index is 1280. The van der Waals surface area contributed by atoms with E-state index in [1.807, 2.05) is 0 Å². The molecule has 0 radical (unpaired) electrons. The summed E-state index contributed by atoms with van der Waals surface area (Å²) in [7, 11) is 2.13. The Kier molecular flexibility index (Phi) is 5.19. The number of nitriles is 1. The van der Waals surface area contributed by atoms with Crippen LogP contribution in [0.15, 0.2) is 16.8 Å². The Morgan fingerprint density at radius 3 is 3.12 bits per heavy atom. The van der Waals surface area contributed by atoms with Gasteiger partial charge in [-0.2, -0.15) is 10.2 Å². The number of hydrogen-bond donors (Lipinski definition) is 1. The number of ether oxygens (including phenoxy) is 2. The van der Waals surface area contributed by atoms with E-state index in [4.69, 9.17) is 19.7 Å². The quantitative estimate of drug-likeness (QED) is 0.600. The van der Waals surface area contributed by atoms with Crippen LogP contribution in [0.2, 0.25) is 0 Å². The minimum absolute atomic E-state index is 0.410. The average Bonchev–Trinajstić information content (AvgIpc) is 3.55. The molecular weight excluding hydrogens is 452 g/mol. The minimum atomic E-state index is -0.466. The van der Waals surface area contributed by atoms with Gasteiger partial charge < -0.3 is 24.6 Å². The maximum Gasteiger partial charge on any atom is 0.216 e. The zero-order valence-corrected chi connectivity index (χ0v) is 19.9. The Balaban J connectivity index is 1.35. The van der Waals surface area contributed by atoms with Crippen LogP contribution < -0.4 is 15.2 Å². The molecule has 1 fully saturated rings. The molecule has 1 saturated heterocycles. The number of anilines is 1. The zero-order valence-electron chi connectivity index (χ0n) is 19.0. The number of nitrogens with two attached hydrogens (primary N) is 1. The van der Waals surface area contributed by atoms with Gasteiger partial charge in [0.25, 0.3) is 0 Å². The summed E-state index contributed by atoms with van der Waals surface area (Å²) in [6.45, 7) is 2.25. The number of nitrogens with zero attached hydrogens (tertiary/aromatic N) is 5. The molecule has 2 aliphatic heterocycles. The molecule has 6 rings (SSSR count). The van der Waals surface area contributed by atoms with Crippen LogP contribution in [0.4, 0.5) is 5.00 Å². The van der Waals surface area contributed by atoms with Gasteiger partial charge in [0, 0.05) is 29.4 Å². The molecule has 0 aromatic carbocycles. The number of likely N-dealkylation sites (tertiary alicyclic amines) is 1. The number of nitrogen functional groups attached to an aromatic ring is 1. The molecule has 5 heterocycles. The summed E-state index contributed by atoms with van der Waals surface area (Å²) < 4.78 is 17.9. The van der Waals surface area contributed by atoms with Gasteiger partial charge in [-0.15, -0.1) is 0 Å². The van der Waals surface area contributed by atoms with E-state index in [9.17, 15) is 5.26 Å². The molecule has 9 nitrogen and oxygen atoms in total. The third-order valence-electron chi connectivity index (χ3n) is 7.45. The maximum absolute atomic E-state index is 9.82. The smallest absolute Gasteiger partial charge is 0.216 e. The van der Waals surface area contributed by atoms with Crippen molar-refractivity contribution >= 4 is 16.3 Å². The van der Waals surface area contributed by atoms with Crippen LogP contribution in [0.1, 0.15) is 54.6 Å². The van der Waals surface area contributed by atoms with Crippen molar-refractivity contribution in [1.29, 1.82) is 5.26 Å². The van der Waals surface area contributed by atoms with Crippen molar-refractivity contribution < 1.29 is 14.0 Å². The summed E-state index contributed by atoms with van der Waals surface area (Å²) in [6.07, 6.45) is 7.36. The van der Waals surface area contributed by atoms with Gasteiger partial charge in [-0.1, -0.05) is 16.5 Å². The molecule has 0 amide bonds. The third-order valence-corrected chi connectivity index (χ3v) is 8.38. The third kappa shape index (κ3) is 3.26. The predicted octanol–water partition coefficient (Wildman–Crippen LogP) is 3.52. The van der Waals surface area contributed by atoms with Crippen molar-refractivity contribution in [2.45, 2.75) is 50.0 Å². The molecule has 1 spiro atoms. The fourth-order valence-corrected chi connectivity index (χ4v) is 6.67. The second-order valence-corrected chi connectivity index (χ2v) is 10.3. The molecule has 0 bridgehead atoms. The minimum Gasteiger partial charge on any atom is -0.484 e. The molecule has 3 aromatic heterocycles. The molecule has 1 aliphatic carbocycles. The topological polar surface area (TPSA) is 123 Å². The van der Waals surface area contributed by atoms with E-state index >= 15 is 0 Å². The molecule has 3 aromatic rings. The summed E-state index contributed by atoms with van der Waals surface area (Å²) in [5.41, 5.74) is 8.70. The Morgan fingerprint density at radius 2 is 2.29 bits per heavy atom. The number of likely N-dealkylation sites (N-methyl/N-ethyl adjacent to an activating group) is 1. The van der Waals surface area contributed by atoms with Crippen molar-refractivity contribution in [3.8, 4) is 28.5 Å². The lowest BCUT2D eigenvalue weighted by Gasteiger charge is -2.38. The molecule has 2 unspecified atom stereocenters. The maximum atomic E-state index is 9.82. The van der Waals surface area contributed by atoms with Gasteiger partial charge >= 0.3 is 0 Å². The Labute approximate surface area is 201 Å². The average molecular weight is 479 g/mol. The van der Waals surface area contributed by atoms with Crippen molar-refractivity contribution in [3.63, 3.8) is 0 Å².